The molecule has 1 rings (SSSR count). The van der Waals surface area contributed by atoms with Crippen LogP contribution in [0.4, 0.5) is 0 Å². The smallest absolute Gasteiger partial charge is 0.304 e. The van der Waals surface area contributed by atoms with E-state index in [0.717, 1.165) is 0 Å². The number of rotatable bonds is 5. The van der Waals surface area contributed by atoms with E-state index in [0.29, 0.717) is 31.9 Å². The molecule has 19 heavy (non-hydrogen) atoms. The molecule has 2 amide bonds. The van der Waals surface area contributed by atoms with Gasteiger partial charge in [-0.2, -0.15) is 0 Å². The number of hydrogen-bond acceptors (Lipinski definition) is 4. The summed E-state index contributed by atoms with van der Waals surface area (Å²) in [7, 11) is 0. The summed E-state index contributed by atoms with van der Waals surface area (Å²) < 4.78 is 0. The Balaban J connectivity index is 2.28. The first-order valence-electron chi connectivity index (χ1n) is 6.27. The van der Waals surface area contributed by atoms with Crippen molar-refractivity contribution in [2.24, 2.45) is 0 Å². The number of hydrogen-bond donors (Lipinski definition) is 1. The highest BCUT2D eigenvalue weighted by molar-refractivity contribution is 8.00. The third-order valence-electron chi connectivity index (χ3n) is 3.03. The first-order valence-corrected chi connectivity index (χ1v) is 7.31. The van der Waals surface area contributed by atoms with Crippen LogP contribution in [0.15, 0.2) is 0 Å². The lowest BCUT2D eigenvalue weighted by atomic mass is 10.3. The molecule has 108 valence electrons. The number of aliphatic carboxylic acids is 1. The van der Waals surface area contributed by atoms with Crippen molar-refractivity contribution in [3.63, 3.8) is 0 Å². The zero-order valence-corrected chi connectivity index (χ0v) is 12.1. The fraction of sp³-hybridized carbons (Fsp3) is 0.750. The van der Waals surface area contributed by atoms with Crippen molar-refractivity contribution < 1.29 is 19.5 Å². The van der Waals surface area contributed by atoms with Crippen molar-refractivity contribution in [3.05, 3.63) is 0 Å². The molecular weight excluding hydrogens is 268 g/mol. The fourth-order valence-corrected chi connectivity index (χ4v) is 2.75. The highest BCUT2D eigenvalue weighted by Gasteiger charge is 2.22. The van der Waals surface area contributed by atoms with Gasteiger partial charge in [-0.1, -0.05) is 6.92 Å². The highest BCUT2D eigenvalue weighted by Crippen LogP contribution is 2.15. The van der Waals surface area contributed by atoms with Crippen molar-refractivity contribution in [2.45, 2.75) is 25.5 Å². The fourth-order valence-electron chi connectivity index (χ4n) is 1.88. The van der Waals surface area contributed by atoms with Gasteiger partial charge in [0.15, 0.2) is 0 Å². The van der Waals surface area contributed by atoms with Crippen LogP contribution in [0.25, 0.3) is 0 Å². The maximum Gasteiger partial charge on any atom is 0.304 e. The second kappa shape index (κ2) is 7.37. The number of thioether (sulfide) groups is 1. The van der Waals surface area contributed by atoms with Crippen LogP contribution in [0, 0.1) is 0 Å². The summed E-state index contributed by atoms with van der Waals surface area (Å²) in [5.74, 6) is -0.487. The van der Waals surface area contributed by atoms with Crippen LogP contribution >= 0.6 is 11.8 Å². The Morgan fingerprint density at radius 1 is 1.16 bits per heavy atom. The number of carbonyl (C=O) groups excluding carboxylic acids is 2. The summed E-state index contributed by atoms with van der Waals surface area (Å²) in [5.41, 5.74) is 0. The van der Waals surface area contributed by atoms with Crippen molar-refractivity contribution in [1.29, 1.82) is 0 Å². The molecule has 1 N–H and O–H groups in total. The standard InChI is InChI=1S/C12H20N2O4S/c1-9(7-12(17)18)19-8-11(16)14-5-3-13(4-6-14)10(2)15/h9H,3-8H2,1-2H3,(H,17,18). The first kappa shape index (κ1) is 15.8. The van der Waals surface area contributed by atoms with Gasteiger partial charge >= 0.3 is 5.97 Å². The minimum atomic E-state index is -0.845. The molecule has 0 bridgehead atoms. The lowest BCUT2D eigenvalue weighted by Crippen LogP contribution is -2.50. The van der Waals surface area contributed by atoms with Crippen LogP contribution in [0.5, 0.6) is 0 Å². The van der Waals surface area contributed by atoms with Gasteiger partial charge in [0, 0.05) is 38.4 Å². The second-order valence-corrected chi connectivity index (χ2v) is 6.03. The molecule has 0 radical (unpaired) electrons. The Bertz CT molecular complexity index is 354. The van der Waals surface area contributed by atoms with E-state index in [2.05, 4.69) is 0 Å². The van der Waals surface area contributed by atoms with Gasteiger partial charge in [-0.3, -0.25) is 14.4 Å². The van der Waals surface area contributed by atoms with Crippen LogP contribution in [-0.4, -0.2) is 69.9 Å². The molecular formula is C12H20N2O4S. The molecule has 7 heteroatoms. The Morgan fingerprint density at radius 3 is 2.16 bits per heavy atom. The van der Waals surface area contributed by atoms with Crippen LogP contribution in [0.1, 0.15) is 20.3 Å². The average Bonchev–Trinajstić information content (AvgIpc) is 2.35. The number of amides is 2. The van der Waals surface area contributed by atoms with E-state index in [9.17, 15) is 14.4 Å². The molecule has 0 aliphatic carbocycles. The third kappa shape index (κ3) is 5.50. The minimum absolute atomic E-state index is 0.0189. The molecule has 0 saturated carbocycles. The molecule has 0 spiro atoms. The van der Waals surface area contributed by atoms with Crippen LogP contribution in [0.3, 0.4) is 0 Å². The number of carboxylic acids is 1. The minimum Gasteiger partial charge on any atom is -0.481 e. The predicted octanol–water partition coefficient (Wildman–Crippen LogP) is 0.274. The molecule has 0 aromatic carbocycles. The molecule has 1 unspecified atom stereocenters. The largest absolute Gasteiger partial charge is 0.481 e. The van der Waals surface area contributed by atoms with Gasteiger partial charge in [-0.25, -0.2) is 0 Å². The molecule has 1 aliphatic heterocycles. The number of piperazine rings is 1. The molecule has 1 saturated heterocycles. The maximum atomic E-state index is 11.9. The Kier molecular flexibility index (Phi) is 6.14. The molecule has 1 heterocycles. The molecule has 6 nitrogen and oxygen atoms in total. The lowest BCUT2D eigenvalue weighted by molar-refractivity contribution is -0.137. The van der Waals surface area contributed by atoms with Gasteiger partial charge < -0.3 is 14.9 Å². The molecule has 0 aromatic heterocycles. The monoisotopic (exact) mass is 288 g/mol. The van der Waals surface area contributed by atoms with E-state index >= 15 is 0 Å². The number of carboxylic acid groups (broad SMARTS) is 1. The Hall–Kier alpha value is -1.24. The summed E-state index contributed by atoms with van der Waals surface area (Å²) in [5, 5.41) is 8.56. The van der Waals surface area contributed by atoms with Gasteiger partial charge in [-0.15, -0.1) is 11.8 Å². The van der Waals surface area contributed by atoms with E-state index in [1.807, 2.05) is 0 Å². The van der Waals surface area contributed by atoms with Crippen LogP contribution < -0.4 is 0 Å². The van der Waals surface area contributed by atoms with Crippen molar-refractivity contribution >= 4 is 29.5 Å². The normalized spacial score (nSPS) is 17.2. The lowest BCUT2D eigenvalue weighted by Gasteiger charge is -2.34. The molecule has 1 aliphatic rings. The predicted molar refractivity (Wildman–Crippen MR) is 73.0 cm³/mol. The SMILES string of the molecule is CC(=O)N1CCN(C(=O)CSC(C)CC(=O)O)CC1. The summed E-state index contributed by atoms with van der Waals surface area (Å²) in [4.78, 5) is 37.0. The molecule has 1 fully saturated rings. The molecule has 0 aromatic rings. The van der Waals surface area contributed by atoms with Crippen molar-refractivity contribution in [1.82, 2.24) is 9.80 Å². The third-order valence-corrected chi connectivity index (χ3v) is 4.18. The summed E-state index contributed by atoms with van der Waals surface area (Å²) in [6.07, 6.45) is 0.0655. The highest BCUT2D eigenvalue weighted by atomic mass is 32.2. The van der Waals surface area contributed by atoms with Crippen molar-refractivity contribution in [3.8, 4) is 0 Å². The molecule has 1 atom stereocenters. The topological polar surface area (TPSA) is 77.9 Å². The summed E-state index contributed by atoms with van der Waals surface area (Å²) >= 11 is 1.36. The van der Waals surface area contributed by atoms with E-state index in [1.54, 1.807) is 16.7 Å². The number of carbonyl (C=O) groups is 3. The summed E-state index contributed by atoms with van der Waals surface area (Å²) in [6.45, 7) is 5.62. The quantitative estimate of drug-likeness (QED) is 0.786. The zero-order valence-electron chi connectivity index (χ0n) is 11.3. The first-order chi connectivity index (χ1) is 8.90. The van der Waals surface area contributed by atoms with E-state index < -0.39 is 5.97 Å². The van der Waals surface area contributed by atoms with Crippen molar-refractivity contribution in [2.75, 3.05) is 31.9 Å². The summed E-state index contributed by atoms with van der Waals surface area (Å²) in [6, 6.07) is 0. The van der Waals surface area contributed by atoms with Gasteiger partial charge in [0.1, 0.15) is 0 Å². The van der Waals surface area contributed by atoms with Gasteiger partial charge in [0.2, 0.25) is 11.8 Å². The maximum absolute atomic E-state index is 11.9. The Labute approximate surface area is 117 Å². The van der Waals surface area contributed by atoms with E-state index in [-0.39, 0.29) is 23.5 Å². The number of nitrogens with zero attached hydrogens (tertiary/aromatic N) is 2. The Morgan fingerprint density at radius 2 is 1.68 bits per heavy atom. The average molecular weight is 288 g/mol. The van der Waals surface area contributed by atoms with Crippen LogP contribution in [-0.2, 0) is 14.4 Å². The van der Waals surface area contributed by atoms with Gasteiger partial charge in [0.05, 0.1) is 12.2 Å². The van der Waals surface area contributed by atoms with Crippen LogP contribution in [0.2, 0.25) is 0 Å². The second-order valence-electron chi connectivity index (χ2n) is 4.61. The van der Waals surface area contributed by atoms with Gasteiger partial charge in [-0.05, 0) is 0 Å². The van der Waals surface area contributed by atoms with E-state index in [4.69, 9.17) is 5.11 Å². The van der Waals surface area contributed by atoms with E-state index in [1.165, 1.54) is 18.7 Å². The zero-order chi connectivity index (χ0) is 14.4. The van der Waals surface area contributed by atoms with Gasteiger partial charge in [0.25, 0.3) is 0 Å².